The van der Waals surface area contributed by atoms with E-state index in [1.807, 2.05) is 0 Å². The zero-order valence-electron chi connectivity index (χ0n) is 8.69. The third kappa shape index (κ3) is 2.86. The topological polar surface area (TPSA) is 39.2 Å². The number of hydrogen-bond acceptors (Lipinski definition) is 3. The fraction of sp³-hybridized carbons (Fsp3) is 0.500. The summed E-state index contributed by atoms with van der Waals surface area (Å²) in [5, 5.41) is 0. The van der Waals surface area contributed by atoms with Crippen molar-refractivity contribution in [3.8, 4) is 0 Å². The van der Waals surface area contributed by atoms with Gasteiger partial charge in [-0.25, -0.2) is 0 Å². The normalized spacial score (nSPS) is 21.2. The summed E-state index contributed by atoms with van der Waals surface area (Å²) < 4.78 is 5.53. The highest BCUT2D eigenvalue weighted by Gasteiger charge is 2.18. The van der Waals surface area contributed by atoms with Crippen LogP contribution in [0.2, 0.25) is 0 Å². The van der Waals surface area contributed by atoms with Crippen molar-refractivity contribution < 1.29 is 9.53 Å². The third-order valence-electron chi connectivity index (χ3n) is 2.67. The molecule has 1 aromatic rings. The molecule has 0 radical (unpaired) electrons. The van der Waals surface area contributed by atoms with Crippen LogP contribution in [0.5, 0.6) is 0 Å². The molecule has 1 aliphatic rings. The highest BCUT2D eigenvalue weighted by atomic mass is 16.5. The predicted molar refractivity (Wildman–Crippen MR) is 56.8 cm³/mol. The van der Waals surface area contributed by atoms with E-state index in [2.05, 4.69) is 4.98 Å². The van der Waals surface area contributed by atoms with E-state index in [-0.39, 0.29) is 11.9 Å². The van der Waals surface area contributed by atoms with Gasteiger partial charge in [0.15, 0.2) is 5.78 Å². The Balaban J connectivity index is 1.91. The van der Waals surface area contributed by atoms with Gasteiger partial charge in [0.1, 0.15) is 0 Å². The van der Waals surface area contributed by atoms with Crippen molar-refractivity contribution in [2.24, 2.45) is 0 Å². The maximum absolute atomic E-state index is 11.8. The molecule has 1 saturated heterocycles. The molecule has 0 aliphatic carbocycles. The molecule has 0 bridgehead atoms. The van der Waals surface area contributed by atoms with Gasteiger partial charge < -0.3 is 4.74 Å². The lowest BCUT2D eigenvalue weighted by molar-refractivity contribution is 0.0129. The standard InChI is InChI=1S/C12H15NO2/c14-12(10-4-3-6-13-9-10)8-11-5-1-2-7-15-11/h3-4,6,9,11H,1-2,5,7-8H2. The molecule has 3 nitrogen and oxygen atoms in total. The van der Waals surface area contributed by atoms with Crippen LogP contribution >= 0.6 is 0 Å². The average molecular weight is 205 g/mol. The average Bonchev–Trinajstić information content (AvgIpc) is 2.31. The Labute approximate surface area is 89.5 Å². The first-order chi connectivity index (χ1) is 7.36. The predicted octanol–water partition coefficient (Wildman–Crippen LogP) is 2.22. The van der Waals surface area contributed by atoms with Crippen LogP contribution in [-0.4, -0.2) is 23.5 Å². The van der Waals surface area contributed by atoms with Gasteiger partial charge in [0.05, 0.1) is 6.10 Å². The minimum atomic E-state index is 0.117. The van der Waals surface area contributed by atoms with Gasteiger partial charge in [-0.05, 0) is 31.4 Å². The van der Waals surface area contributed by atoms with Gasteiger partial charge in [0.2, 0.25) is 0 Å². The molecule has 1 atom stereocenters. The largest absolute Gasteiger partial charge is 0.378 e. The molecule has 80 valence electrons. The van der Waals surface area contributed by atoms with E-state index >= 15 is 0 Å². The van der Waals surface area contributed by atoms with E-state index in [9.17, 15) is 4.79 Å². The Hall–Kier alpha value is -1.22. The van der Waals surface area contributed by atoms with Crippen LogP contribution < -0.4 is 0 Å². The first-order valence-corrected chi connectivity index (χ1v) is 5.41. The monoisotopic (exact) mass is 205 g/mol. The minimum absolute atomic E-state index is 0.117. The van der Waals surface area contributed by atoms with Gasteiger partial charge in [-0.1, -0.05) is 0 Å². The van der Waals surface area contributed by atoms with Crippen LogP contribution in [0, 0.1) is 0 Å². The van der Waals surface area contributed by atoms with Gasteiger partial charge in [0.25, 0.3) is 0 Å². The number of hydrogen-bond donors (Lipinski definition) is 0. The van der Waals surface area contributed by atoms with Gasteiger partial charge in [-0.3, -0.25) is 9.78 Å². The number of ether oxygens (including phenoxy) is 1. The molecule has 2 rings (SSSR count). The Morgan fingerprint density at radius 1 is 1.53 bits per heavy atom. The van der Waals surface area contributed by atoms with Crippen LogP contribution in [-0.2, 0) is 4.74 Å². The van der Waals surface area contributed by atoms with Crippen molar-refractivity contribution in [2.45, 2.75) is 31.8 Å². The minimum Gasteiger partial charge on any atom is -0.378 e. The molecule has 0 N–H and O–H groups in total. The lowest BCUT2D eigenvalue weighted by Crippen LogP contribution is -2.22. The molecule has 1 fully saturated rings. The zero-order valence-corrected chi connectivity index (χ0v) is 8.69. The van der Waals surface area contributed by atoms with E-state index in [0.717, 1.165) is 19.4 Å². The summed E-state index contributed by atoms with van der Waals surface area (Å²) in [6.45, 7) is 0.797. The van der Waals surface area contributed by atoms with Gasteiger partial charge in [0, 0.05) is 31.0 Å². The summed E-state index contributed by atoms with van der Waals surface area (Å²) in [6.07, 6.45) is 7.20. The van der Waals surface area contributed by atoms with E-state index in [1.54, 1.807) is 24.5 Å². The molecule has 0 aromatic carbocycles. The van der Waals surface area contributed by atoms with Crippen LogP contribution in [0.25, 0.3) is 0 Å². The first-order valence-electron chi connectivity index (χ1n) is 5.41. The van der Waals surface area contributed by atoms with Gasteiger partial charge >= 0.3 is 0 Å². The number of carbonyl (C=O) groups excluding carboxylic acids is 1. The number of rotatable bonds is 3. The Bertz CT molecular complexity index is 318. The maximum Gasteiger partial charge on any atom is 0.167 e. The Morgan fingerprint density at radius 3 is 3.13 bits per heavy atom. The summed E-state index contributed by atoms with van der Waals surface area (Å²) in [5.74, 6) is 0.134. The molecule has 2 heterocycles. The molecular weight excluding hydrogens is 190 g/mol. The number of Topliss-reactive ketones (excluding diaryl/α,β-unsaturated/α-hetero) is 1. The Kier molecular flexibility index (Phi) is 3.45. The fourth-order valence-corrected chi connectivity index (χ4v) is 1.82. The summed E-state index contributed by atoms with van der Waals surface area (Å²) in [6, 6.07) is 3.59. The highest BCUT2D eigenvalue weighted by Crippen LogP contribution is 2.17. The summed E-state index contributed by atoms with van der Waals surface area (Å²) in [5.41, 5.74) is 0.687. The number of pyridine rings is 1. The first kappa shape index (κ1) is 10.3. The van der Waals surface area contributed by atoms with Gasteiger partial charge in [-0.15, -0.1) is 0 Å². The summed E-state index contributed by atoms with van der Waals surface area (Å²) in [4.78, 5) is 15.7. The highest BCUT2D eigenvalue weighted by molar-refractivity contribution is 5.96. The zero-order chi connectivity index (χ0) is 10.5. The van der Waals surface area contributed by atoms with Crippen LogP contribution in [0.4, 0.5) is 0 Å². The number of carbonyl (C=O) groups is 1. The third-order valence-corrected chi connectivity index (χ3v) is 2.67. The van der Waals surface area contributed by atoms with E-state index in [4.69, 9.17) is 4.74 Å². The van der Waals surface area contributed by atoms with E-state index in [0.29, 0.717) is 12.0 Å². The van der Waals surface area contributed by atoms with Crippen molar-refractivity contribution in [2.75, 3.05) is 6.61 Å². The lowest BCUT2D eigenvalue weighted by Gasteiger charge is -2.21. The Morgan fingerprint density at radius 2 is 2.47 bits per heavy atom. The van der Waals surface area contributed by atoms with Crippen molar-refractivity contribution >= 4 is 5.78 Å². The second kappa shape index (κ2) is 5.03. The second-order valence-corrected chi connectivity index (χ2v) is 3.86. The molecular formula is C12H15NO2. The quantitative estimate of drug-likeness (QED) is 0.710. The molecule has 0 saturated carbocycles. The molecule has 0 spiro atoms. The lowest BCUT2D eigenvalue weighted by atomic mass is 10.0. The fourth-order valence-electron chi connectivity index (χ4n) is 1.82. The van der Waals surface area contributed by atoms with Crippen molar-refractivity contribution in [1.29, 1.82) is 0 Å². The SMILES string of the molecule is O=C(CC1CCCCO1)c1cccnc1. The number of aromatic nitrogens is 1. The second-order valence-electron chi connectivity index (χ2n) is 3.86. The van der Waals surface area contributed by atoms with Crippen molar-refractivity contribution in [3.05, 3.63) is 30.1 Å². The van der Waals surface area contributed by atoms with E-state index < -0.39 is 0 Å². The smallest absolute Gasteiger partial charge is 0.167 e. The van der Waals surface area contributed by atoms with E-state index in [1.165, 1.54) is 6.42 Å². The maximum atomic E-state index is 11.8. The van der Waals surface area contributed by atoms with Crippen molar-refractivity contribution in [3.63, 3.8) is 0 Å². The molecule has 1 aromatic heterocycles. The molecule has 15 heavy (non-hydrogen) atoms. The molecule has 0 amide bonds. The summed E-state index contributed by atoms with van der Waals surface area (Å²) in [7, 11) is 0. The van der Waals surface area contributed by atoms with Gasteiger partial charge in [-0.2, -0.15) is 0 Å². The molecule has 1 unspecified atom stereocenters. The molecule has 3 heteroatoms. The summed E-state index contributed by atoms with van der Waals surface area (Å²) >= 11 is 0. The molecule has 1 aliphatic heterocycles. The number of nitrogens with zero attached hydrogens (tertiary/aromatic N) is 1. The van der Waals surface area contributed by atoms with Crippen LogP contribution in [0.15, 0.2) is 24.5 Å². The van der Waals surface area contributed by atoms with Crippen LogP contribution in [0.1, 0.15) is 36.0 Å². The van der Waals surface area contributed by atoms with Crippen molar-refractivity contribution in [1.82, 2.24) is 4.98 Å². The van der Waals surface area contributed by atoms with Crippen LogP contribution in [0.3, 0.4) is 0 Å². The number of ketones is 1.